The largest absolute Gasteiger partial charge is 0.447 e. The van der Waals surface area contributed by atoms with Crippen LogP contribution in [0.4, 0.5) is 16.2 Å². The van der Waals surface area contributed by atoms with Gasteiger partial charge in [0, 0.05) is 24.3 Å². The predicted octanol–water partition coefficient (Wildman–Crippen LogP) is 3.56. The van der Waals surface area contributed by atoms with Gasteiger partial charge in [-0.05, 0) is 51.0 Å². The molecule has 0 saturated carbocycles. The highest BCUT2D eigenvalue weighted by Crippen LogP contribution is 2.21. The molecule has 5 heteroatoms. The third kappa shape index (κ3) is 3.98. The first-order valence-corrected chi connectivity index (χ1v) is 6.93. The molecule has 20 heavy (non-hydrogen) atoms. The van der Waals surface area contributed by atoms with Gasteiger partial charge in [0.2, 0.25) is 0 Å². The highest BCUT2D eigenvalue weighted by molar-refractivity contribution is 5.97. The Morgan fingerprint density at radius 2 is 2.20 bits per heavy atom. The van der Waals surface area contributed by atoms with Crippen molar-refractivity contribution >= 4 is 23.3 Å². The lowest BCUT2D eigenvalue weighted by Crippen LogP contribution is -2.18. The molecule has 0 aliphatic carbocycles. The van der Waals surface area contributed by atoms with Crippen LogP contribution < -0.4 is 10.6 Å². The molecule has 2 rings (SSSR count). The molecule has 0 saturated heterocycles. The Bertz CT molecular complexity index is 524. The number of carbonyl (C=O) groups is 1. The van der Waals surface area contributed by atoms with Crippen molar-refractivity contribution in [2.75, 3.05) is 17.2 Å². The number of rotatable bonds is 3. The average Bonchev–Trinajstić information content (AvgIpc) is 2.84. The predicted molar refractivity (Wildman–Crippen MR) is 81.6 cm³/mol. The van der Waals surface area contributed by atoms with E-state index < -0.39 is 6.09 Å². The van der Waals surface area contributed by atoms with Crippen LogP contribution in [0, 0.1) is 6.92 Å². The number of carbonyl (C=O) groups excluding carboxylic acids is 1. The number of ether oxygens (including phenoxy) is 1. The van der Waals surface area contributed by atoms with Crippen molar-refractivity contribution in [3.8, 4) is 0 Å². The second-order valence-electron chi connectivity index (χ2n) is 5.17. The molecule has 2 N–H and O–H groups in total. The summed E-state index contributed by atoms with van der Waals surface area (Å²) in [7, 11) is 0. The van der Waals surface area contributed by atoms with Crippen LogP contribution in [0.3, 0.4) is 0 Å². The summed E-state index contributed by atoms with van der Waals surface area (Å²) in [6.07, 6.45) is 1.56. The van der Waals surface area contributed by atoms with Crippen molar-refractivity contribution in [1.82, 2.24) is 0 Å². The molecule has 0 unspecified atom stereocenters. The maximum absolute atomic E-state index is 11.5. The minimum absolute atomic E-state index is 0.127. The summed E-state index contributed by atoms with van der Waals surface area (Å²) in [6, 6.07) is 5.72. The Kier molecular flexibility index (Phi) is 4.61. The number of hydrogen-bond donors (Lipinski definition) is 2. The van der Waals surface area contributed by atoms with Gasteiger partial charge in [-0.2, -0.15) is 0 Å². The van der Waals surface area contributed by atoms with Crippen LogP contribution in [-0.2, 0) is 4.74 Å². The standard InChI is InChI=1S/C15H21N3O2/c1-10(2)20-15(19)17-12-6-7-13(11(3)9-12)18-14-5-4-8-16-14/h6-7,9-10H,4-5,8H2,1-3H3,(H,16,18)(H,17,19). The average molecular weight is 275 g/mol. The van der Waals surface area contributed by atoms with Gasteiger partial charge >= 0.3 is 6.09 Å². The van der Waals surface area contributed by atoms with Gasteiger partial charge < -0.3 is 10.1 Å². The number of aryl methyl sites for hydroxylation is 1. The van der Waals surface area contributed by atoms with Crippen molar-refractivity contribution in [3.05, 3.63) is 23.8 Å². The molecule has 1 aromatic carbocycles. The van der Waals surface area contributed by atoms with E-state index in [0.717, 1.165) is 42.2 Å². The molecular weight excluding hydrogens is 254 g/mol. The zero-order valence-corrected chi connectivity index (χ0v) is 12.2. The highest BCUT2D eigenvalue weighted by Gasteiger charge is 2.09. The Morgan fingerprint density at radius 1 is 1.40 bits per heavy atom. The van der Waals surface area contributed by atoms with Crippen LogP contribution >= 0.6 is 0 Å². The number of amides is 1. The van der Waals surface area contributed by atoms with E-state index in [2.05, 4.69) is 15.6 Å². The summed E-state index contributed by atoms with van der Waals surface area (Å²) in [6.45, 7) is 6.54. The van der Waals surface area contributed by atoms with Gasteiger partial charge in [0.25, 0.3) is 0 Å². The summed E-state index contributed by atoms with van der Waals surface area (Å²) in [5.41, 5.74) is 2.81. The Morgan fingerprint density at radius 3 is 2.80 bits per heavy atom. The number of nitrogens with one attached hydrogen (secondary N) is 2. The Labute approximate surface area is 119 Å². The minimum atomic E-state index is -0.430. The lowest BCUT2D eigenvalue weighted by Gasteiger charge is -2.13. The van der Waals surface area contributed by atoms with Gasteiger partial charge in [-0.1, -0.05) is 0 Å². The van der Waals surface area contributed by atoms with E-state index in [1.54, 1.807) is 0 Å². The molecule has 0 spiro atoms. The molecule has 0 atom stereocenters. The maximum atomic E-state index is 11.5. The molecule has 1 heterocycles. The van der Waals surface area contributed by atoms with Gasteiger partial charge in [0.15, 0.2) is 0 Å². The fourth-order valence-electron chi connectivity index (χ4n) is 2.04. The Hall–Kier alpha value is -2.04. The third-order valence-corrected chi connectivity index (χ3v) is 2.97. The van der Waals surface area contributed by atoms with E-state index >= 15 is 0 Å². The first-order chi connectivity index (χ1) is 9.54. The van der Waals surface area contributed by atoms with E-state index in [1.807, 2.05) is 39.0 Å². The zero-order chi connectivity index (χ0) is 14.5. The van der Waals surface area contributed by atoms with Crippen molar-refractivity contribution in [2.24, 2.45) is 4.99 Å². The van der Waals surface area contributed by atoms with Crippen LogP contribution in [0.25, 0.3) is 0 Å². The molecule has 0 fully saturated rings. The fraction of sp³-hybridized carbons (Fsp3) is 0.467. The molecule has 0 radical (unpaired) electrons. The van der Waals surface area contributed by atoms with Crippen LogP contribution in [0.15, 0.2) is 23.2 Å². The molecule has 5 nitrogen and oxygen atoms in total. The molecule has 0 bridgehead atoms. The summed E-state index contributed by atoms with van der Waals surface area (Å²) in [5.74, 6) is 1.04. The van der Waals surface area contributed by atoms with Crippen molar-refractivity contribution < 1.29 is 9.53 Å². The number of anilines is 2. The summed E-state index contributed by atoms with van der Waals surface area (Å²) in [5, 5.41) is 6.04. The first kappa shape index (κ1) is 14.4. The number of amidine groups is 1. The van der Waals surface area contributed by atoms with Crippen LogP contribution in [0.1, 0.15) is 32.3 Å². The lowest BCUT2D eigenvalue weighted by atomic mass is 10.1. The molecule has 108 valence electrons. The van der Waals surface area contributed by atoms with Gasteiger partial charge in [-0.15, -0.1) is 0 Å². The molecule has 0 aromatic heterocycles. The molecular formula is C15H21N3O2. The topological polar surface area (TPSA) is 62.7 Å². The highest BCUT2D eigenvalue weighted by atomic mass is 16.6. The molecule has 1 aliphatic heterocycles. The lowest BCUT2D eigenvalue weighted by molar-refractivity contribution is 0.130. The van der Waals surface area contributed by atoms with Crippen LogP contribution in [0.2, 0.25) is 0 Å². The zero-order valence-electron chi connectivity index (χ0n) is 12.2. The molecule has 1 amide bonds. The number of hydrogen-bond acceptors (Lipinski definition) is 4. The van der Waals surface area contributed by atoms with Crippen LogP contribution in [-0.4, -0.2) is 24.6 Å². The SMILES string of the molecule is Cc1cc(NC(=O)OC(C)C)ccc1NC1=NCCC1. The number of nitrogens with zero attached hydrogens (tertiary/aromatic N) is 1. The van der Waals surface area contributed by atoms with E-state index in [4.69, 9.17) is 4.74 Å². The van der Waals surface area contributed by atoms with Crippen molar-refractivity contribution in [1.29, 1.82) is 0 Å². The summed E-state index contributed by atoms with van der Waals surface area (Å²) >= 11 is 0. The normalized spacial score (nSPS) is 14.1. The van der Waals surface area contributed by atoms with E-state index in [9.17, 15) is 4.79 Å². The molecule has 1 aliphatic rings. The van der Waals surface area contributed by atoms with Gasteiger partial charge in [-0.3, -0.25) is 10.3 Å². The van der Waals surface area contributed by atoms with E-state index in [0.29, 0.717) is 0 Å². The number of aliphatic imine (C=N–C) groups is 1. The fourth-order valence-corrected chi connectivity index (χ4v) is 2.04. The first-order valence-electron chi connectivity index (χ1n) is 6.93. The van der Waals surface area contributed by atoms with E-state index in [1.165, 1.54) is 0 Å². The van der Waals surface area contributed by atoms with Crippen molar-refractivity contribution in [2.45, 2.75) is 39.7 Å². The Balaban J connectivity index is 2.00. The second-order valence-corrected chi connectivity index (χ2v) is 5.17. The summed E-state index contributed by atoms with van der Waals surface area (Å²) < 4.78 is 5.05. The molecule has 1 aromatic rings. The van der Waals surface area contributed by atoms with Gasteiger partial charge in [0.05, 0.1) is 6.10 Å². The maximum Gasteiger partial charge on any atom is 0.411 e. The van der Waals surface area contributed by atoms with Gasteiger partial charge in [-0.25, -0.2) is 4.79 Å². The second kappa shape index (κ2) is 6.41. The quantitative estimate of drug-likeness (QED) is 0.886. The minimum Gasteiger partial charge on any atom is -0.447 e. The number of benzene rings is 1. The third-order valence-electron chi connectivity index (χ3n) is 2.97. The van der Waals surface area contributed by atoms with Crippen molar-refractivity contribution in [3.63, 3.8) is 0 Å². The van der Waals surface area contributed by atoms with E-state index in [-0.39, 0.29) is 6.10 Å². The smallest absolute Gasteiger partial charge is 0.411 e. The monoisotopic (exact) mass is 275 g/mol. The van der Waals surface area contributed by atoms with Crippen LogP contribution in [0.5, 0.6) is 0 Å². The summed E-state index contributed by atoms with van der Waals surface area (Å²) in [4.78, 5) is 15.9. The van der Waals surface area contributed by atoms with Gasteiger partial charge in [0.1, 0.15) is 5.84 Å².